The summed E-state index contributed by atoms with van der Waals surface area (Å²) in [5, 5.41) is 6.96. The number of aryl methyl sites for hydroxylation is 1. The van der Waals surface area contributed by atoms with Gasteiger partial charge in [-0.3, -0.25) is 9.48 Å². The molecule has 5 nitrogen and oxygen atoms in total. The molecule has 2 heterocycles. The van der Waals surface area contributed by atoms with Crippen LogP contribution in [0, 0.1) is 0 Å². The molecule has 1 fully saturated rings. The van der Waals surface area contributed by atoms with E-state index in [1.807, 2.05) is 11.8 Å². The Morgan fingerprint density at radius 2 is 2.56 bits per heavy atom. The first-order chi connectivity index (χ1) is 7.68. The van der Waals surface area contributed by atoms with E-state index >= 15 is 0 Å². The van der Waals surface area contributed by atoms with Crippen molar-refractivity contribution in [1.82, 2.24) is 15.1 Å². The van der Waals surface area contributed by atoms with Gasteiger partial charge in [0.2, 0.25) is 0 Å². The molecule has 0 bridgehead atoms. The number of hydrogen-bond donors (Lipinski definition) is 2. The average molecular weight is 240 g/mol. The summed E-state index contributed by atoms with van der Waals surface area (Å²) in [5.74, 6) is 2.06. The highest BCUT2D eigenvalue weighted by molar-refractivity contribution is 7.99. The van der Waals surface area contributed by atoms with E-state index < -0.39 is 0 Å². The second kappa shape index (κ2) is 4.78. The first-order valence-electron chi connectivity index (χ1n) is 5.34. The Morgan fingerprint density at radius 3 is 3.12 bits per heavy atom. The van der Waals surface area contributed by atoms with Crippen LogP contribution in [0.3, 0.4) is 0 Å². The van der Waals surface area contributed by atoms with E-state index in [1.165, 1.54) is 16.6 Å². The van der Waals surface area contributed by atoms with Gasteiger partial charge in [0, 0.05) is 18.8 Å². The van der Waals surface area contributed by atoms with Gasteiger partial charge in [-0.05, 0) is 18.6 Å². The second-order valence-corrected chi connectivity index (χ2v) is 5.11. The third kappa shape index (κ3) is 2.32. The van der Waals surface area contributed by atoms with Crippen LogP contribution in [0.5, 0.6) is 0 Å². The van der Waals surface area contributed by atoms with E-state index in [4.69, 9.17) is 5.73 Å². The van der Waals surface area contributed by atoms with E-state index in [0.717, 1.165) is 18.6 Å². The lowest BCUT2D eigenvalue weighted by Gasteiger charge is -2.22. The molecule has 16 heavy (non-hydrogen) atoms. The molecule has 0 aromatic carbocycles. The fraction of sp³-hybridized carbons (Fsp3) is 0.600. The molecule has 1 aliphatic rings. The quantitative estimate of drug-likeness (QED) is 0.795. The maximum atomic E-state index is 12.0. The number of anilines is 1. The molecule has 1 aliphatic heterocycles. The van der Waals surface area contributed by atoms with E-state index in [-0.39, 0.29) is 11.9 Å². The van der Waals surface area contributed by atoms with Crippen molar-refractivity contribution >= 4 is 23.4 Å². The lowest BCUT2D eigenvalue weighted by Crippen LogP contribution is -2.39. The third-order valence-electron chi connectivity index (χ3n) is 2.68. The Labute approximate surface area is 98.8 Å². The third-order valence-corrected chi connectivity index (χ3v) is 3.89. The summed E-state index contributed by atoms with van der Waals surface area (Å²) < 4.78 is 1.51. The van der Waals surface area contributed by atoms with Crippen molar-refractivity contribution in [3.8, 4) is 0 Å². The van der Waals surface area contributed by atoms with Crippen molar-refractivity contribution in [1.29, 1.82) is 0 Å². The smallest absolute Gasteiger partial charge is 0.271 e. The van der Waals surface area contributed by atoms with E-state index in [2.05, 4.69) is 10.4 Å². The summed E-state index contributed by atoms with van der Waals surface area (Å²) in [7, 11) is 1.72. The summed E-state index contributed by atoms with van der Waals surface area (Å²) in [6.45, 7) is 0. The van der Waals surface area contributed by atoms with Crippen LogP contribution in [0.1, 0.15) is 23.3 Å². The Hall–Kier alpha value is -1.17. The van der Waals surface area contributed by atoms with Gasteiger partial charge in [0.1, 0.15) is 5.69 Å². The Bertz CT molecular complexity index is 365. The zero-order valence-corrected chi connectivity index (χ0v) is 10.1. The number of amides is 1. The zero-order chi connectivity index (χ0) is 11.5. The molecule has 2 rings (SSSR count). The minimum Gasteiger partial charge on any atom is -0.396 e. The highest BCUT2D eigenvalue weighted by Crippen LogP contribution is 2.18. The van der Waals surface area contributed by atoms with Gasteiger partial charge in [-0.2, -0.15) is 16.9 Å². The van der Waals surface area contributed by atoms with Gasteiger partial charge in [0.25, 0.3) is 5.91 Å². The van der Waals surface area contributed by atoms with Crippen LogP contribution in [-0.2, 0) is 7.05 Å². The van der Waals surface area contributed by atoms with Crippen molar-refractivity contribution in [3.05, 3.63) is 11.9 Å². The molecule has 1 aromatic heterocycles. The fourth-order valence-corrected chi connectivity index (χ4v) is 2.91. The zero-order valence-electron chi connectivity index (χ0n) is 9.27. The number of nitrogen functional groups attached to an aromatic ring is 1. The topological polar surface area (TPSA) is 72.9 Å². The molecule has 0 saturated carbocycles. The van der Waals surface area contributed by atoms with E-state index in [1.54, 1.807) is 7.05 Å². The SMILES string of the molecule is Cn1ncc(N)c1C(=O)NC1CCCSC1. The lowest BCUT2D eigenvalue weighted by molar-refractivity contribution is 0.0930. The van der Waals surface area contributed by atoms with Crippen molar-refractivity contribution < 1.29 is 4.79 Å². The van der Waals surface area contributed by atoms with Crippen LogP contribution in [0.15, 0.2) is 6.20 Å². The van der Waals surface area contributed by atoms with Crippen LogP contribution in [0.2, 0.25) is 0 Å². The second-order valence-electron chi connectivity index (χ2n) is 3.96. The number of aromatic nitrogens is 2. The number of nitrogens with one attached hydrogen (secondary N) is 1. The molecule has 1 atom stereocenters. The molecule has 1 saturated heterocycles. The molecule has 6 heteroatoms. The Kier molecular flexibility index (Phi) is 3.38. The van der Waals surface area contributed by atoms with Crippen LogP contribution in [0.25, 0.3) is 0 Å². The molecule has 3 N–H and O–H groups in total. The summed E-state index contributed by atoms with van der Waals surface area (Å²) >= 11 is 1.88. The first kappa shape index (κ1) is 11.3. The number of thioether (sulfide) groups is 1. The van der Waals surface area contributed by atoms with Gasteiger partial charge >= 0.3 is 0 Å². The molecule has 0 aliphatic carbocycles. The highest BCUT2D eigenvalue weighted by Gasteiger charge is 2.20. The fourth-order valence-electron chi connectivity index (χ4n) is 1.84. The van der Waals surface area contributed by atoms with Gasteiger partial charge in [0.15, 0.2) is 0 Å². The van der Waals surface area contributed by atoms with Crippen LogP contribution < -0.4 is 11.1 Å². The lowest BCUT2D eigenvalue weighted by atomic mass is 10.2. The predicted octanol–water partition coefficient (Wildman–Crippen LogP) is 0.628. The van der Waals surface area contributed by atoms with Crippen LogP contribution in [0.4, 0.5) is 5.69 Å². The summed E-state index contributed by atoms with van der Waals surface area (Å²) in [5.41, 5.74) is 6.59. The van der Waals surface area contributed by atoms with Crippen LogP contribution in [-0.4, -0.2) is 33.2 Å². The standard InChI is InChI=1S/C10H16N4OS/c1-14-9(8(11)5-12-14)10(15)13-7-3-2-4-16-6-7/h5,7H,2-4,6,11H2,1H3,(H,13,15). The first-order valence-corrected chi connectivity index (χ1v) is 6.50. The van der Waals surface area contributed by atoms with Crippen molar-refractivity contribution in [3.63, 3.8) is 0 Å². The van der Waals surface area contributed by atoms with Crippen molar-refractivity contribution in [2.75, 3.05) is 17.2 Å². The highest BCUT2D eigenvalue weighted by atomic mass is 32.2. The summed E-state index contributed by atoms with van der Waals surface area (Å²) in [6, 6.07) is 0.264. The minimum atomic E-state index is -0.120. The summed E-state index contributed by atoms with van der Waals surface area (Å²) in [6.07, 6.45) is 3.72. The number of nitrogens with zero attached hydrogens (tertiary/aromatic N) is 2. The van der Waals surface area contributed by atoms with Gasteiger partial charge < -0.3 is 11.1 Å². The van der Waals surface area contributed by atoms with Gasteiger partial charge in [-0.25, -0.2) is 0 Å². The van der Waals surface area contributed by atoms with Crippen molar-refractivity contribution in [2.24, 2.45) is 7.05 Å². The van der Waals surface area contributed by atoms with E-state index in [0.29, 0.717) is 11.4 Å². The molecule has 88 valence electrons. The molecular weight excluding hydrogens is 224 g/mol. The number of hydrogen-bond acceptors (Lipinski definition) is 4. The normalized spacial score (nSPS) is 20.7. The predicted molar refractivity (Wildman–Crippen MR) is 65.4 cm³/mol. The Balaban J connectivity index is 2.02. The minimum absolute atomic E-state index is 0.120. The van der Waals surface area contributed by atoms with Gasteiger partial charge in [0.05, 0.1) is 11.9 Å². The molecule has 0 spiro atoms. The van der Waals surface area contributed by atoms with Gasteiger partial charge in [-0.15, -0.1) is 0 Å². The van der Waals surface area contributed by atoms with Crippen molar-refractivity contribution in [2.45, 2.75) is 18.9 Å². The number of carbonyl (C=O) groups excluding carboxylic acids is 1. The molecular formula is C10H16N4OS. The Morgan fingerprint density at radius 1 is 1.75 bits per heavy atom. The summed E-state index contributed by atoms with van der Waals surface area (Å²) in [4.78, 5) is 12.0. The van der Waals surface area contributed by atoms with Gasteiger partial charge in [-0.1, -0.05) is 0 Å². The maximum Gasteiger partial charge on any atom is 0.271 e. The monoisotopic (exact) mass is 240 g/mol. The average Bonchev–Trinajstić information content (AvgIpc) is 2.60. The molecule has 1 aromatic rings. The number of carbonyl (C=O) groups is 1. The number of nitrogens with two attached hydrogens (primary N) is 1. The number of rotatable bonds is 2. The van der Waals surface area contributed by atoms with Crippen LogP contribution >= 0.6 is 11.8 Å². The molecule has 1 amide bonds. The van der Waals surface area contributed by atoms with E-state index in [9.17, 15) is 4.79 Å². The molecule has 1 unspecified atom stereocenters. The maximum absolute atomic E-state index is 12.0. The largest absolute Gasteiger partial charge is 0.396 e. The molecule has 0 radical (unpaired) electrons.